The first-order chi connectivity index (χ1) is 8.31. The number of carbonyl (C=O) groups is 1. The molecular formula is C12H24N2O3S. The van der Waals surface area contributed by atoms with Crippen molar-refractivity contribution in [2.45, 2.75) is 38.0 Å². The molecule has 0 saturated heterocycles. The Balaban J connectivity index is 2.93. The number of nitrogens with one attached hydrogen (secondary N) is 2. The molecule has 106 valence electrons. The summed E-state index contributed by atoms with van der Waals surface area (Å²) in [4.78, 5) is 11.3. The van der Waals surface area contributed by atoms with Crippen LogP contribution in [-0.2, 0) is 14.6 Å². The maximum atomic E-state index is 12.3. The fraction of sp³-hybridized carbons (Fsp3) is 0.917. The largest absolute Gasteiger partial charge is 0.358 e. The van der Waals surface area contributed by atoms with E-state index in [2.05, 4.69) is 17.6 Å². The molecule has 1 aliphatic carbocycles. The van der Waals surface area contributed by atoms with Gasteiger partial charge in [0, 0.05) is 13.1 Å². The molecule has 0 aromatic carbocycles. The molecule has 4 unspecified atom stereocenters. The summed E-state index contributed by atoms with van der Waals surface area (Å²) in [6.45, 7) is 4.11. The zero-order valence-electron chi connectivity index (χ0n) is 11.6. The normalized spacial score (nSPS) is 33.1. The summed E-state index contributed by atoms with van der Waals surface area (Å²) in [5, 5.41) is 5.02. The average Bonchev–Trinajstić information content (AvgIpc) is 2.26. The van der Waals surface area contributed by atoms with Gasteiger partial charge in [0.05, 0.1) is 5.25 Å². The molecule has 18 heavy (non-hydrogen) atoms. The standard InChI is InChI=1S/C12H24N2O3S/c1-8-5-9(2)12(10(6-8)13-3)18(16,17)7-11(15)14-4/h8-10,12-13H,5-7H2,1-4H3,(H,14,15). The van der Waals surface area contributed by atoms with Crippen LogP contribution in [0.25, 0.3) is 0 Å². The van der Waals surface area contributed by atoms with Crippen molar-refractivity contribution in [2.75, 3.05) is 19.8 Å². The van der Waals surface area contributed by atoms with Crippen LogP contribution in [0.15, 0.2) is 0 Å². The Hall–Kier alpha value is -0.620. The van der Waals surface area contributed by atoms with Crippen LogP contribution in [0.4, 0.5) is 0 Å². The molecule has 4 atom stereocenters. The van der Waals surface area contributed by atoms with Gasteiger partial charge >= 0.3 is 0 Å². The van der Waals surface area contributed by atoms with E-state index in [0.29, 0.717) is 5.92 Å². The van der Waals surface area contributed by atoms with E-state index in [4.69, 9.17) is 0 Å². The zero-order valence-corrected chi connectivity index (χ0v) is 12.4. The summed E-state index contributed by atoms with van der Waals surface area (Å²) in [7, 11) is -0.155. The number of hydrogen-bond donors (Lipinski definition) is 2. The summed E-state index contributed by atoms with van der Waals surface area (Å²) in [6.07, 6.45) is 1.74. The Kier molecular flexibility index (Phi) is 5.16. The SMILES string of the molecule is CNC(=O)CS(=O)(=O)C1C(C)CC(C)CC1NC. The van der Waals surface area contributed by atoms with E-state index < -0.39 is 26.7 Å². The summed E-state index contributed by atoms with van der Waals surface area (Å²) < 4.78 is 24.7. The Labute approximate surface area is 110 Å². The molecule has 2 N–H and O–H groups in total. The highest BCUT2D eigenvalue weighted by Crippen LogP contribution is 2.33. The third-order valence-electron chi connectivity index (χ3n) is 3.78. The van der Waals surface area contributed by atoms with Gasteiger partial charge in [0.25, 0.3) is 0 Å². The quantitative estimate of drug-likeness (QED) is 0.767. The first-order valence-corrected chi connectivity index (χ1v) is 8.12. The van der Waals surface area contributed by atoms with E-state index >= 15 is 0 Å². The van der Waals surface area contributed by atoms with Gasteiger partial charge in [0.1, 0.15) is 5.75 Å². The summed E-state index contributed by atoms with van der Waals surface area (Å²) in [6, 6.07) is -0.0570. The van der Waals surface area contributed by atoms with Gasteiger partial charge in [-0.3, -0.25) is 4.79 Å². The number of amides is 1. The summed E-state index contributed by atoms with van der Waals surface area (Å²) in [5.74, 6) is -0.245. The molecule has 0 aromatic heterocycles. The van der Waals surface area contributed by atoms with Crippen LogP contribution >= 0.6 is 0 Å². The van der Waals surface area contributed by atoms with Gasteiger partial charge in [-0.05, 0) is 31.7 Å². The second kappa shape index (κ2) is 6.02. The zero-order chi connectivity index (χ0) is 13.9. The van der Waals surface area contributed by atoms with Crippen molar-refractivity contribution < 1.29 is 13.2 Å². The molecule has 1 fully saturated rings. The van der Waals surface area contributed by atoms with Gasteiger partial charge in [0.15, 0.2) is 9.84 Å². The van der Waals surface area contributed by atoms with Crippen molar-refractivity contribution in [3.8, 4) is 0 Å². The van der Waals surface area contributed by atoms with Gasteiger partial charge in [-0.1, -0.05) is 13.8 Å². The Bertz CT molecular complexity index is 394. The van der Waals surface area contributed by atoms with Gasteiger partial charge in [-0.2, -0.15) is 0 Å². The minimum Gasteiger partial charge on any atom is -0.358 e. The van der Waals surface area contributed by atoms with Crippen LogP contribution in [0.2, 0.25) is 0 Å². The number of carbonyl (C=O) groups excluding carboxylic acids is 1. The van der Waals surface area contributed by atoms with E-state index in [1.807, 2.05) is 6.92 Å². The second-order valence-electron chi connectivity index (χ2n) is 5.39. The molecular weight excluding hydrogens is 252 g/mol. The lowest BCUT2D eigenvalue weighted by Gasteiger charge is -2.38. The summed E-state index contributed by atoms with van der Waals surface area (Å²) >= 11 is 0. The van der Waals surface area contributed by atoms with Crippen LogP contribution in [0.3, 0.4) is 0 Å². The second-order valence-corrected chi connectivity index (χ2v) is 7.55. The monoisotopic (exact) mass is 276 g/mol. The number of rotatable bonds is 4. The smallest absolute Gasteiger partial charge is 0.234 e. The van der Waals surface area contributed by atoms with Crippen molar-refractivity contribution >= 4 is 15.7 Å². The predicted octanol–water partition coefficient (Wildman–Crippen LogP) is 0.170. The maximum Gasteiger partial charge on any atom is 0.234 e. The molecule has 0 radical (unpaired) electrons. The molecule has 0 aliphatic heterocycles. The molecule has 0 bridgehead atoms. The third-order valence-corrected chi connectivity index (χ3v) is 6.07. The Morgan fingerprint density at radius 1 is 1.22 bits per heavy atom. The fourth-order valence-corrected chi connectivity index (χ4v) is 5.34. The first-order valence-electron chi connectivity index (χ1n) is 6.41. The van der Waals surface area contributed by atoms with Crippen molar-refractivity contribution in [3.05, 3.63) is 0 Å². The molecule has 1 aliphatic rings. The molecule has 1 saturated carbocycles. The first kappa shape index (κ1) is 15.4. The predicted molar refractivity (Wildman–Crippen MR) is 72.1 cm³/mol. The molecule has 5 nitrogen and oxygen atoms in total. The fourth-order valence-electron chi connectivity index (χ4n) is 3.07. The number of sulfone groups is 1. The minimum absolute atomic E-state index is 0.0570. The van der Waals surface area contributed by atoms with E-state index in [9.17, 15) is 13.2 Å². The van der Waals surface area contributed by atoms with Crippen LogP contribution in [0, 0.1) is 11.8 Å². The molecule has 0 aromatic rings. The van der Waals surface area contributed by atoms with E-state index in [1.54, 1.807) is 7.05 Å². The molecule has 1 rings (SSSR count). The van der Waals surface area contributed by atoms with Crippen LogP contribution in [-0.4, -0.2) is 45.5 Å². The molecule has 0 heterocycles. The van der Waals surface area contributed by atoms with Crippen LogP contribution in [0.1, 0.15) is 26.7 Å². The highest BCUT2D eigenvalue weighted by Gasteiger charge is 2.42. The van der Waals surface area contributed by atoms with Gasteiger partial charge in [-0.15, -0.1) is 0 Å². The van der Waals surface area contributed by atoms with Crippen molar-refractivity contribution in [1.29, 1.82) is 0 Å². The topological polar surface area (TPSA) is 75.3 Å². The lowest BCUT2D eigenvalue weighted by molar-refractivity contribution is -0.118. The van der Waals surface area contributed by atoms with Gasteiger partial charge < -0.3 is 10.6 Å². The molecule has 0 spiro atoms. The highest BCUT2D eigenvalue weighted by atomic mass is 32.2. The lowest BCUT2D eigenvalue weighted by Crippen LogP contribution is -2.52. The van der Waals surface area contributed by atoms with Crippen LogP contribution < -0.4 is 10.6 Å². The lowest BCUT2D eigenvalue weighted by atomic mass is 9.80. The van der Waals surface area contributed by atoms with E-state index in [-0.39, 0.29) is 12.0 Å². The maximum absolute atomic E-state index is 12.3. The number of hydrogen-bond acceptors (Lipinski definition) is 4. The van der Waals surface area contributed by atoms with Crippen LogP contribution in [0.5, 0.6) is 0 Å². The van der Waals surface area contributed by atoms with E-state index in [0.717, 1.165) is 12.8 Å². The molecule has 1 amide bonds. The van der Waals surface area contributed by atoms with Crippen molar-refractivity contribution in [1.82, 2.24) is 10.6 Å². The third kappa shape index (κ3) is 3.45. The van der Waals surface area contributed by atoms with Gasteiger partial charge in [0.2, 0.25) is 5.91 Å². The van der Waals surface area contributed by atoms with E-state index in [1.165, 1.54) is 7.05 Å². The highest BCUT2D eigenvalue weighted by molar-refractivity contribution is 7.92. The minimum atomic E-state index is -3.40. The molecule has 6 heteroatoms. The average molecular weight is 276 g/mol. The Morgan fingerprint density at radius 2 is 1.83 bits per heavy atom. The van der Waals surface area contributed by atoms with Crippen molar-refractivity contribution in [3.63, 3.8) is 0 Å². The van der Waals surface area contributed by atoms with Gasteiger partial charge in [-0.25, -0.2) is 8.42 Å². The summed E-state index contributed by atoms with van der Waals surface area (Å²) in [5.41, 5.74) is 0. The van der Waals surface area contributed by atoms with Crippen molar-refractivity contribution in [2.24, 2.45) is 11.8 Å². The Morgan fingerprint density at radius 3 is 2.33 bits per heavy atom.